The van der Waals surface area contributed by atoms with Gasteiger partial charge in [0.15, 0.2) is 0 Å². The van der Waals surface area contributed by atoms with Crippen LogP contribution in [0.2, 0.25) is 0 Å². The number of nitro groups is 1. The lowest BCUT2D eigenvalue weighted by Crippen LogP contribution is -2.09. The molecule has 0 bridgehead atoms. The Labute approximate surface area is 96.5 Å². The first-order chi connectivity index (χ1) is 8.02. The van der Waals surface area contributed by atoms with Crippen LogP contribution in [0.5, 0.6) is 0 Å². The number of anilines is 1. The minimum absolute atomic E-state index is 0.137. The SMILES string of the molecule is CC(=O)Nc1ncc(C=C[N+](=O)[O-])cc1C#N. The molecule has 7 heteroatoms. The van der Waals surface area contributed by atoms with Crippen molar-refractivity contribution in [3.05, 3.63) is 39.7 Å². The van der Waals surface area contributed by atoms with Gasteiger partial charge < -0.3 is 5.32 Å². The van der Waals surface area contributed by atoms with Gasteiger partial charge in [-0.25, -0.2) is 4.98 Å². The Morgan fingerprint density at radius 1 is 1.71 bits per heavy atom. The first-order valence-electron chi connectivity index (χ1n) is 4.52. The fourth-order valence-corrected chi connectivity index (χ4v) is 1.07. The van der Waals surface area contributed by atoms with Crippen LogP contribution in [0.3, 0.4) is 0 Å². The summed E-state index contributed by atoms with van der Waals surface area (Å²) < 4.78 is 0. The van der Waals surface area contributed by atoms with Crippen LogP contribution in [0, 0.1) is 21.4 Å². The smallest absolute Gasteiger partial charge is 0.235 e. The number of hydrogen-bond donors (Lipinski definition) is 1. The van der Waals surface area contributed by atoms with Crippen LogP contribution in [-0.2, 0) is 4.79 Å². The Morgan fingerprint density at radius 2 is 2.41 bits per heavy atom. The molecule has 0 aliphatic carbocycles. The Morgan fingerprint density at radius 3 is 2.94 bits per heavy atom. The van der Waals surface area contributed by atoms with Gasteiger partial charge in [0.2, 0.25) is 12.1 Å². The Bertz CT molecular complexity index is 531. The summed E-state index contributed by atoms with van der Waals surface area (Å²) in [6.45, 7) is 1.30. The van der Waals surface area contributed by atoms with Crippen molar-refractivity contribution in [2.75, 3.05) is 5.32 Å². The molecule has 86 valence electrons. The molecule has 1 aromatic heterocycles. The van der Waals surface area contributed by atoms with E-state index in [2.05, 4.69) is 10.3 Å². The van der Waals surface area contributed by atoms with Gasteiger partial charge in [-0.2, -0.15) is 5.26 Å². The average molecular weight is 232 g/mol. The molecule has 0 spiro atoms. The van der Waals surface area contributed by atoms with Crippen LogP contribution in [0.4, 0.5) is 5.82 Å². The van der Waals surface area contributed by atoms with E-state index >= 15 is 0 Å². The maximum Gasteiger partial charge on any atom is 0.235 e. The van der Waals surface area contributed by atoms with Gasteiger partial charge in [-0.15, -0.1) is 0 Å². The van der Waals surface area contributed by atoms with Crippen molar-refractivity contribution in [2.24, 2.45) is 0 Å². The largest absolute Gasteiger partial charge is 0.310 e. The first kappa shape index (κ1) is 12.3. The normalized spacial score (nSPS) is 9.88. The zero-order valence-electron chi connectivity index (χ0n) is 8.88. The number of aromatic nitrogens is 1. The summed E-state index contributed by atoms with van der Waals surface area (Å²) in [6, 6.07) is 3.25. The molecule has 17 heavy (non-hydrogen) atoms. The van der Waals surface area contributed by atoms with Crippen molar-refractivity contribution in [1.29, 1.82) is 5.26 Å². The minimum Gasteiger partial charge on any atom is -0.310 e. The van der Waals surface area contributed by atoms with Gasteiger partial charge in [0.25, 0.3) is 0 Å². The molecule has 1 aromatic rings. The molecule has 0 aliphatic heterocycles. The molecule has 1 heterocycles. The highest BCUT2D eigenvalue weighted by atomic mass is 16.6. The summed E-state index contributed by atoms with van der Waals surface area (Å²) in [5.41, 5.74) is 0.554. The van der Waals surface area contributed by atoms with E-state index < -0.39 is 4.92 Å². The van der Waals surface area contributed by atoms with Crippen molar-refractivity contribution in [2.45, 2.75) is 6.92 Å². The van der Waals surface area contributed by atoms with E-state index in [1.807, 2.05) is 6.07 Å². The number of carbonyl (C=O) groups excluding carboxylic acids is 1. The molecule has 0 atom stereocenters. The van der Waals surface area contributed by atoms with Crippen LogP contribution in [0.25, 0.3) is 6.08 Å². The number of nitrogens with one attached hydrogen (secondary N) is 1. The van der Waals surface area contributed by atoms with E-state index in [0.29, 0.717) is 5.56 Å². The van der Waals surface area contributed by atoms with Crippen LogP contribution < -0.4 is 5.32 Å². The summed E-state index contributed by atoms with van der Waals surface area (Å²) in [5, 5.41) is 21.3. The zero-order chi connectivity index (χ0) is 12.8. The molecule has 1 rings (SSSR count). The molecule has 0 aromatic carbocycles. The average Bonchev–Trinajstić information content (AvgIpc) is 2.26. The van der Waals surface area contributed by atoms with Gasteiger partial charge in [0.1, 0.15) is 11.9 Å². The summed E-state index contributed by atoms with van der Waals surface area (Å²) >= 11 is 0. The highest BCUT2D eigenvalue weighted by molar-refractivity contribution is 5.89. The van der Waals surface area contributed by atoms with Gasteiger partial charge in [-0.3, -0.25) is 14.9 Å². The molecule has 0 saturated carbocycles. The van der Waals surface area contributed by atoms with Crippen LogP contribution >= 0.6 is 0 Å². The van der Waals surface area contributed by atoms with Crippen molar-refractivity contribution < 1.29 is 9.72 Å². The van der Waals surface area contributed by atoms with E-state index in [9.17, 15) is 14.9 Å². The molecule has 0 radical (unpaired) electrons. The second-order valence-corrected chi connectivity index (χ2v) is 3.06. The fourth-order valence-electron chi connectivity index (χ4n) is 1.07. The molecule has 0 fully saturated rings. The number of hydrogen-bond acceptors (Lipinski definition) is 5. The van der Waals surface area contributed by atoms with E-state index in [0.717, 1.165) is 6.20 Å². The van der Waals surface area contributed by atoms with E-state index in [1.165, 1.54) is 25.3 Å². The van der Waals surface area contributed by atoms with Crippen molar-refractivity contribution in [1.82, 2.24) is 4.98 Å². The molecule has 0 aliphatic rings. The van der Waals surface area contributed by atoms with Gasteiger partial charge in [-0.05, 0) is 6.07 Å². The monoisotopic (exact) mass is 232 g/mol. The van der Waals surface area contributed by atoms with E-state index in [4.69, 9.17) is 5.26 Å². The number of nitrogens with zero attached hydrogens (tertiary/aromatic N) is 3. The Hall–Kier alpha value is -2.75. The molecule has 1 amide bonds. The first-order valence-corrected chi connectivity index (χ1v) is 4.52. The number of carbonyl (C=O) groups is 1. The van der Waals surface area contributed by atoms with Crippen molar-refractivity contribution in [3.8, 4) is 6.07 Å². The zero-order valence-corrected chi connectivity index (χ0v) is 8.88. The minimum atomic E-state index is -0.617. The standard InChI is InChI=1S/C10H8N4O3/c1-7(15)13-10-9(5-11)4-8(6-12-10)2-3-14(16)17/h2-4,6H,1H3,(H,12,13,15). The summed E-state index contributed by atoms with van der Waals surface area (Å²) in [6.07, 6.45) is 3.29. The fraction of sp³-hybridized carbons (Fsp3) is 0.100. The second kappa shape index (κ2) is 5.37. The van der Waals surface area contributed by atoms with Gasteiger partial charge >= 0.3 is 0 Å². The Kier molecular flexibility index (Phi) is 3.89. The van der Waals surface area contributed by atoms with Crippen molar-refractivity contribution in [3.63, 3.8) is 0 Å². The number of nitriles is 1. The van der Waals surface area contributed by atoms with Crippen molar-refractivity contribution >= 4 is 17.8 Å². The Balaban J connectivity index is 3.05. The molecule has 1 N–H and O–H groups in total. The predicted octanol–water partition coefficient (Wildman–Crippen LogP) is 1.16. The quantitative estimate of drug-likeness (QED) is 0.621. The van der Waals surface area contributed by atoms with Crippen LogP contribution in [0.1, 0.15) is 18.1 Å². The number of amides is 1. The molecular weight excluding hydrogens is 224 g/mol. The van der Waals surface area contributed by atoms with Gasteiger partial charge in [-0.1, -0.05) is 0 Å². The number of pyridine rings is 1. The van der Waals surface area contributed by atoms with Gasteiger partial charge in [0.05, 0.1) is 10.5 Å². The van der Waals surface area contributed by atoms with Crippen LogP contribution in [0.15, 0.2) is 18.5 Å². The van der Waals surface area contributed by atoms with E-state index in [-0.39, 0.29) is 17.3 Å². The highest BCUT2D eigenvalue weighted by Gasteiger charge is 2.05. The molecule has 0 saturated heterocycles. The lowest BCUT2D eigenvalue weighted by atomic mass is 10.2. The molecule has 0 unspecified atom stereocenters. The molecular formula is C10H8N4O3. The lowest BCUT2D eigenvalue weighted by molar-refractivity contribution is -0.400. The highest BCUT2D eigenvalue weighted by Crippen LogP contribution is 2.14. The topological polar surface area (TPSA) is 109 Å². The number of rotatable bonds is 3. The lowest BCUT2D eigenvalue weighted by Gasteiger charge is -2.03. The summed E-state index contributed by atoms with van der Waals surface area (Å²) in [5.74, 6) is -0.208. The van der Waals surface area contributed by atoms with Gasteiger partial charge in [0, 0.05) is 24.8 Å². The predicted molar refractivity (Wildman–Crippen MR) is 59.3 cm³/mol. The van der Waals surface area contributed by atoms with E-state index in [1.54, 1.807) is 0 Å². The molecule has 7 nitrogen and oxygen atoms in total. The maximum absolute atomic E-state index is 10.8. The second-order valence-electron chi connectivity index (χ2n) is 3.06. The third-order valence-corrected chi connectivity index (χ3v) is 1.71. The third kappa shape index (κ3) is 3.71. The summed E-state index contributed by atoms with van der Waals surface area (Å²) in [7, 11) is 0. The van der Waals surface area contributed by atoms with Crippen LogP contribution in [-0.4, -0.2) is 15.8 Å². The third-order valence-electron chi connectivity index (χ3n) is 1.71. The summed E-state index contributed by atoms with van der Waals surface area (Å²) in [4.78, 5) is 24.2. The maximum atomic E-state index is 10.8.